The van der Waals surface area contributed by atoms with Crippen LogP contribution in [0.4, 0.5) is 4.39 Å². The van der Waals surface area contributed by atoms with Gasteiger partial charge in [0.25, 0.3) is 0 Å². The normalized spacial score (nSPS) is 24.9. The van der Waals surface area contributed by atoms with E-state index in [1.807, 2.05) is 6.07 Å². The number of rotatable bonds is 5. The Morgan fingerprint density at radius 2 is 1.96 bits per heavy atom. The third kappa shape index (κ3) is 4.35. The minimum Gasteiger partial charge on any atom is -0.339 e. The van der Waals surface area contributed by atoms with Crippen LogP contribution in [0.5, 0.6) is 0 Å². The minimum absolute atomic E-state index is 0.0851. The first-order valence-corrected chi connectivity index (χ1v) is 9.44. The van der Waals surface area contributed by atoms with Crippen LogP contribution in [-0.4, -0.2) is 29.4 Å². The molecule has 0 radical (unpaired) electrons. The van der Waals surface area contributed by atoms with E-state index in [4.69, 9.17) is 5.73 Å². The van der Waals surface area contributed by atoms with Crippen molar-refractivity contribution >= 4 is 5.91 Å². The molecule has 132 valence electrons. The van der Waals surface area contributed by atoms with E-state index in [0.29, 0.717) is 12.6 Å². The highest BCUT2D eigenvalue weighted by Crippen LogP contribution is 2.30. The summed E-state index contributed by atoms with van der Waals surface area (Å²) in [5.41, 5.74) is 7.05. The van der Waals surface area contributed by atoms with Crippen molar-refractivity contribution in [2.75, 3.05) is 6.54 Å². The summed E-state index contributed by atoms with van der Waals surface area (Å²) in [5.74, 6) is 0.166. The van der Waals surface area contributed by atoms with E-state index in [9.17, 15) is 9.18 Å². The maximum absolute atomic E-state index is 13.4. The van der Waals surface area contributed by atoms with Crippen LogP contribution in [0.3, 0.4) is 0 Å². The van der Waals surface area contributed by atoms with Gasteiger partial charge in [0.2, 0.25) is 5.91 Å². The molecule has 3 nitrogen and oxygen atoms in total. The summed E-state index contributed by atoms with van der Waals surface area (Å²) in [5, 5.41) is 0. The standard InChI is InChI=1S/C20H29FN2O/c21-17-7-3-5-15(13-17)11-12-23(19-9-1-2-10-19)20(24)16-6-4-8-18(22)14-16/h3,5,7,13,16,18-19H,1-2,4,6,8-12,14,22H2. The molecule has 0 aliphatic heterocycles. The van der Waals surface area contributed by atoms with Gasteiger partial charge in [-0.05, 0) is 56.2 Å². The minimum atomic E-state index is -0.204. The van der Waals surface area contributed by atoms with Gasteiger partial charge in [-0.1, -0.05) is 31.4 Å². The smallest absolute Gasteiger partial charge is 0.225 e. The van der Waals surface area contributed by atoms with Crippen LogP contribution in [0.15, 0.2) is 24.3 Å². The number of carbonyl (C=O) groups excluding carboxylic acids is 1. The largest absolute Gasteiger partial charge is 0.339 e. The maximum Gasteiger partial charge on any atom is 0.225 e. The Kier molecular flexibility index (Phi) is 5.88. The molecule has 0 spiro atoms. The summed E-state index contributed by atoms with van der Waals surface area (Å²) in [4.78, 5) is 15.2. The van der Waals surface area contributed by atoms with E-state index in [1.165, 1.54) is 18.9 Å². The van der Waals surface area contributed by atoms with E-state index >= 15 is 0 Å². The highest BCUT2D eigenvalue weighted by Gasteiger charge is 2.33. The molecule has 1 amide bonds. The van der Waals surface area contributed by atoms with Crippen molar-refractivity contribution in [2.24, 2.45) is 11.7 Å². The van der Waals surface area contributed by atoms with Crippen molar-refractivity contribution in [2.45, 2.75) is 69.9 Å². The number of hydrogen-bond donors (Lipinski definition) is 1. The second-order valence-corrected chi connectivity index (χ2v) is 7.47. The fraction of sp³-hybridized carbons (Fsp3) is 0.650. The fourth-order valence-corrected chi connectivity index (χ4v) is 4.32. The number of hydrogen-bond acceptors (Lipinski definition) is 2. The van der Waals surface area contributed by atoms with Crippen LogP contribution < -0.4 is 5.73 Å². The zero-order valence-corrected chi connectivity index (χ0v) is 14.4. The molecule has 4 heteroatoms. The summed E-state index contributed by atoms with van der Waals surface area (Å²) in [7, 11) is 0. The molecule has 2 saturated carbocycles. The highest BCUT2D eigenvalue weighted by atomic mass is 19.1. The van der Waals surface area contributed by atoms with Gasteiger partial charge in [0.1, 0.15) is 5.82 Å². The lowest BCUT2D eigenvalue weighted by Gasteiger charge is -2.35. The quantitative estimate of drug-likeness (QED) is 0.894. The average Bonchev–Trinajstić information content (AvgIpc) is 3.09. The average molecular weight is 332 g/mol. The molecule has 0 aromatic heterocycles. The molecular formula is C20H29FN2O. The molecular weight excluding hydrogens is 303 g/mol. The number of carbonyl (C=O) groups is 1. The number of benzene rings is 1. The third-order valence-corrected chi connectivity index (χ3v) is 5.64. The maximum atomic E-state index is 13.4. The van der Waals surface area contributed by atoms with Crippen LogP contribution in [0.2, 0.25) is 0 Å². The fourth-order valence-electron chi connectivity index (χ4n) is 4.32. The van der Waals surface area contributed by atoms with Gasteiger partial charge < -0.3 is 10.6 Å². The van der Waals surface area contributed by atoms with E-state index in [1.54, 1.807) is 12.1 Å². The molecule has 1 aromatic rings. The van der Waals surface area contributed by atoms with Crippen molar-refractivity contribution in [3.05, 3.63) is 35.6 Å². The Morgan fingerprint density at radius 3 is 2.67 bits per heavy atom. The van der Waals surface area contributed by atoms with E-state index in [0.717, 1.165) is 50.5 Å². The third-order valence-electron chi connectivity index (χ3n) is 5.64. The summed E-state index contributed by atoms with van der Waals surface area (Å²) in [6, 6.07) is 7.26. The SMILES string of the molecule is NC1CCCC(C(=O)N(CCc2cccc(F)c2)C2CCCC2)C1. The van der Waals surface area contributed by atoms with Crippen molar-refractivity contribution in [1.82, 2.24) is 4.90 Å². The molecule has 2 N–H and O–H groups in total. The molecule has 24 heavy (non-hydrogen) atoms. The monoisotopic (exact) mass is 332 g/mol. The molecule has 1 aromatic carbocycles. The topological polar surface area (TPSA) is 46.3 Å². The zero-order chi connectivity index (χ0) is 16.9. The summed E-state index contributed by atoms with van der Waals surface area (Å²) < 4.78 is 13.4. The first-order valence-electron chi connectivity index (χ1n) is 9.44. The molecule has 2 fully saturated rings. The Hall–Kier alpha value is -1.42. The second-order valence-electron chi connectivity index (χ2n) is 7.47. The molecule has 2 unspecified atom stereocenters. The number of nitrogens with two attached hydrogens (primary N) is 1. The van der Waals surface area contributed by atoms with Gasteiger partial charge in [0, 0.05) is 24.5 Å². The molecule has 0 heterocycles. The lowest BCUT2D eigenvalue weighted by atomic mass is 9.85. The van der Waals surface area contributed by atoms with Crippen molar-refractivity contribution in [3.8, 4) is 0 Å². The predicted molar refractivity (Wildman–Crippen MR) is 94.0 cm³/mol. The van der Waals surface area contributed by atoms with Crippen LogP contribution in [0.25, 0.3) is 0 Å². The van der Waals surface area contributed by atoms with Crippen molar-refractivity contribution in [1.29, 1.82) is 0 Å². The molecule has 2 aliphatic carbocycles. The van der Waals surface area contributed by atoms with Gasteiger partial charge in [-0.3, -0.25) is 4.79 Å². The molecule has 2 aliphatic rings. The first kappa shape index (κ1) is 17.4. The van der Waals surface area contributed by atoms with Crippen molar-refractivity contribution in [3.63, 3.8) is 0 Å². The van der Waals surface area contributed by atoms with E-state index in [2.05, 4.69) is 4.90 Å². The lowest BCUT2D eigenvalue weighted by molar-refractivity contribution is -0.139. The van der Waals surface area contributed by atoms with Crippen molar-refractivity contribution < 1.29 is 9.18 Å². The van der Waals surface area contributed by atoms with Gasteiger partial charge in [0.15, 0.2) is 0 Å². The number of nitrogens with zero attached hydrogens (tertiary/aromatic N) is 1. The Bertz CT molecular complexity index is 556. The van der Waals surface area contributed by atoms with Gasteiger partial charge in [-0.15, -0.1) is 0 Å². The highest BCUT2D eigenvalue weighted by molar-refractivity contribution is 5.79. The lowest BCUT2D eigenvalue weighted by Crippen LogP contribution is -2.45. The number of halogens is 1. The van der Waals surface area contributed by atoms with Crippen LogP contribution >= 0.6 is 0 Å². The summed E-state index contributed by atoms with van der Waals surface area (Å²) in [6.45, 7) is 0.693. The van der Waals surface area contributed by atoms with Crippen LogP contribution in [0.1, 0.15) is 56.9 Å². The van der Waals surface area contributed by atoms with E-state index in [-0.39, 0.29) is 23.7 Å². The van der Waals surface area contributed by atoms with Gasteiger partial charge in [0.05, 0.1) is 0 Å². The summed E-state index contributed by atoms with van der Waals surface area (Å²) >= 11 is 0. The molecule has 0 bridgehead atoms. The Labute approximate surface area is 144 Å². The van der Waals surface area contributed by atoms with Gasteiger partial charge in [-0.2, -0.15) is 0 Å². The predicted octanol–water partition coefficient (Wildman–Crippen LogP) is 3.66. The Balaban J connectivity index is 1.67. The number of amides is 1. The Morgan fingerprint density at radius 1 is 1.17 bits per heavy atom. The van der Waals surface area contributed by atoms with Crippen LogP contribution in [0, 0.1) is 11.7 Å². The summed E-state index contributed by atoms with van der Waals surface area (Å²) in [6.07, 6.45) is 9.23. The molecule has 3 rings (SSSR count). The molecule has 0 saturated heterocycles. The van der Waals surface area contributed by atoms with Gasteiger partial charge in [-0.25, -0.2) is 4.39 Å². The zero-order valence-electron chi connectivity index (χ0n) is 14.4. The second kappa shape index (κ2) is 8.11. The first-order chi connectivity index (χ1) is 11.6. The van der Waals surface area contributed by atoms with Crippen LogP contribution in [-0.2, 0) is 11.2 Å². The van der Waals surface area contributed by atoms with Gasteiger partial charge >= 0.3 is 0 Å². The molecule has 2 atom stereocenters. The van der Waals surface area contributed by atoms with E-state index < -0.39 is 0 Å².